The fourth-order valence-electron chi connectivity index (χ4n) is 1.18. The maximum atomic E-state index is 10.7. The van der Waals surface area contributed by atoms with Gasteiger partial charge in [0.2, 0.25) is 9.05 Å². The van der Waals surface area contributed by atoms with Gasteiger partial charge in [0, 0.05) is 10.7 Å². The first-order chi connectivity index (χ1) is 5.49. The Morgan fingerprint density at radius 3 is 2.25 bits per heavy atom. The van der Waals surface area contributed by atoms with Crippen LogP contribution in [0.1, 0.15) is 39.5 Å². The Labute approximate surface area is 79.7 Å². The minimum Gasteiger partial charge on any atom is -0.212 e. The van der Waals surface area contributed by atoms with E-state index in [1.807, 2.05) is 6.92 Å². The van der Waals surface area contributed by atoms with Gasteiger partial charge in [0.15, 0.2) is 0 Å². The summed E-state index contributed by atoms with van der Waals surface area (Å²) < 4.78 is 21.5. The molecular weight excluding hydrogens is 196 g/mol. The van der Waals surface area contributed by atoms with Gasteiger partial charge >= 0.3 is 0 Å². The highest BCUT2D eigenvalue weighted by molar-refractivity contribution is 8.13. The van der Waals surface area contributed by atoms with Crippen LogP contribution in [-0.4, -0.2) is 14.2 Å². The maximum absolute atomic E-state index is 10.7. The van der Waals surface area contributed by atoms with E-state index in [4.69, 9.17) is 10.7 Å². The molecule has 2 nitrogen and oxygen atoms in total. The van der Waals surface area contributed by atoms with Crippen molar-refractivity contribution in [1.29, 1.82) is 0 Å². The first-order valence-corrected chi connectivity index (χ1v) is 6.89. The molecule has 1 atom stereocenters. The molecule has 0 heterocycles. The topological polar surface area (TPSA) is 34.1 Å². The van der Waals surface area contributed by atoms with Crippen LogP contribution in [0.3, 0.4) is 0 Å². The second-order valence-corrected chi connectivity index (χ2v) is 5.94. The van der Waals surface area contributed by atoms with Crippen molar-refractivity contribution in [2.24, 2.45) is 5.92 Å². The highest BCUT2D eigenvalue weighted by Crippen LogP contribution is 2.16. The summed E-state index contributed by atoms with van der Waals surface area (Å²) in [4.78, 5) is 0. The lowest BCUT2D eigenvalue weighted by Crippen LogP contribution is -2.10. The zero-order valence-electron chi connectivity index (χ0n) is 7.72. The zero-order chi connectivity index (χ0) is 9.61. The molecule has 0 aromatic carbocycles. The molecule has 0 N–H and O–H groups in total. The smallest absolute Gasteiger partial charge is 0.212 e. The quantitative estimate of drug-likeness (QED) is 0.635. The van der Waals surface area contributed by atoms with Crippen molar-refractivity contribution in [3.63, 3.8) is 0 Å². The van der Waals surface area contributed by atoms with Crippen molar-refractivity contribution in [1.82, 2.24) is 0 Å². The second-order valence-electron chi connectivity index (χ2n) is 3.12. The molecule has 0 amide bonds. The number of unbranched alkanes of at least 4 members (excludes halogenated alkanes) is 1. The Hall–Kier alpha value is 0.240. The molecule has 0 fully saturated rings. The minimum absolute atomic E-state index is 0.130. The predicted molar refractivity (Wildman–Crippen MR) is 52.9 cm³/mol. The largest absolute Gasteiger partial charge is 0.232 e. The van der Waals surface area contributed by atoms with E-state index in [0.717, 1.165) is 25.7 Å². The molecule has 0 radical (unpaired) electrons. The van der Waals surface area contributed by atoms with Crippen LogP contribution in [0.25, 0.3) is 0 Å². The van der Waals surface area contributed by atoms with Gasteiger partial charge in [-0.25, -0.2) is 8.42 Å². The highest BCUT2D eigenvalue weighted by atomic mass is 35.7. The van der Waals surface area contributed by atoms with Crippen LogP contribution in [0.5, 0.6) is 0 Å². The zero-order valence-corrected chi connectivity index (χ0v) is 9.29. The summed E-state index contributed by atoms with van der Waals surface area (Å²) >= 11 is 0. The third-order valence-electron chi connectivity index (χ3n) is 1.98. The van der Waals surface area contributed by atoms with Crippen molar-refractivity contribution in [2.75, 3.05) is 5.75 Å². The third-order valence-corrected chi connectivity index (χ3v) is 3.23. The Morgan fingerprint density at radius 2 is 1.92 bits per heavy atom. The van der Waals surface area contributed by atoms with Gasteiger partial charge in [-0.2, -0.15) is 0 Å². The number of hydrogen-bond acceptors (Lipinski definition) is 2. The summed E-state index contributed by atoms with van der Waals surface area (Å²) in [5, 5.41) is 0. The molecule has 0 unspecified atom stereocenters. The van der Waals surface area contributed by atoms with E-state index >= 15 is 0 Å². The first-order valence-electron chi connectivity index (χ1n) is 4.42. The van der Waals surface area contributed by atoms with Crippen molar-refractivity contribution in [2.45, 2.75) is 39.5 Å². The average Bonchev–Trinajstić information content (AvgIpc) is 1.95. The van der Waals surface area contributed by atoms with Gasteiger partial charge in [-0.1, -0.05) is 33.1 Å². The van der Waals surface area contributed by atoms with Gasteiger partial charge in [0.05, 0.1) is 5.75 Å². The molecule has 0 aromatic heterocycles. The third kappa shape index (κ3) is 6.92. The Morgan fingerprint density at radius 1 is 1.33 bits per heavy atom. The summed E-state index contributed by atoms with van der Waals surface area (Å²) in [5.74, 6) is 0.373. The fraction of sp³-hybridized carbons (Fsp3) is 1.00. The molecule has 0 saturated carbocycles. The van der Waals surface area contributed by atoms with Gasteiger partial charge in [0.25, 0.3) is 0 Å². The van der Waals surface area contributed by atoms with Crippen LogP contribution in [-0.2, 0) is 9.05 Å². The molecular formula is C8H17ClO2S. The molecule has 12 heavy (non-hydrogen) atoms. The number of rotatable bonds is 6. The van der Waals surface area contributed by atoms with E-state index in [2.05, 4.69) is 6.92 Å². The highest BCUT2D eigenvalue weighted by Gasteiger charge is 2.14. The van der Waals surface area contributed by atoms with Gasteiger partial charge in [-0.05, 0) is 12.3 Å². The van der Waals surface area contributed by atoms with Crippen LogP contribution in [0.15, 0.2) is 0 Å². The van der Waals surface area contributed by atoms with Gasteiger partial charge < -0.3 is 0 Å². The molecule has 4 heteroatoms. The van der Waals surface area contributed by atoms with Crippen LogP contribution >= 0.6 is 10.7 Å². The molecule has 0 rings (SSSR count). The van der Waals surface area contributed by atoms with Crippen LogP contribution in [0, 0.1) is 5.92 Å². The van der Waals surface area contributed by atoms with Crippen LogP contribution in [0.2, 0.25) is 0 Å². The summed E-state index contributed by atoms with van der Waals surface area (Å²) in [6, 6.07) is 0. The normalized spacial score (nSPS) is 14.6. The van der Waals surface area contributed by atoms with Gasteiger partial charge in [-0.15, -0.1) is 0 Å². The van der Waals surface area contributed by atoms with Crippen LogP contribution < -0.4 is 0 Å². The lowest BCUT2D eigenvalue weighted by Gasteiger charge is -2.11. The van der Waals surface area contributed by atoms with E-state index in [9.17, 15) is 8.42 Å². The Kier molecular flexibility index (Phi) is 5.93. The van der Waals surface area contributed by atoms with E-state index in [1.54, 1.807) is 0 Å². The van der Waals surface area contributed by atoms with Crippen molar-refractivity contribution in [3.05, 3.63) is 0 Å². The fourth-order valence-corrected chi connectivity index (χ4v) is 2.68. The molecule has 0 aromatic rings. The standard InChI is InChI=1S/C8H17ClO2S/c1-3-5-6-8(4-2)7-12(9,10)11/h8H,3-7H2,1-2H3/t8-/m0/s1. The predicted octanol–water partition coefficient (Wildman–Crippen LogP) is 2.77. The SMILES string of the molecule is CCCC[C@H](CC)CS(=O)(=O)Cl. The number of hydrogen-bond donors (Lipinski definition) is 0. The second kappa shape index (κ2) is 5.81. The molecule has 0 aliphatic rings. The lowest BCUT2D eigenvalue weighted by atomic mass is 10.0. The van der Waals surface area contributed by atoms with E-state index < -0.39 is 9.05 Å². The van der Waals surface area contributed by atoms with Gasteiger partial charge in [-0.3, -0.25) is 0 Å². The Balaban J connectivity index is 3.83. The van der Waals surface area contributed by atoms with Crippen molar-refractivity contribution < 1.29 is 8.42 Å². The molecule has 74 valence electrons. The summed E-state index contributed by atoms with van der Waals surface area (Å²) in [5.41, 5.74) is 0. The first kappa shape index (κ1) is 12.2. The lowest BCUT2D eigenvalue weighted by molar-refractivity contribution is 0.487. The minimum atomic E-state index is -3.29. The van der Waals surface area contributed by atoms with Crippen molar-refractivity contribution in [3.8, 4) is 0 Å². The van der Waals surface area contributed by atoms with Gasteiger partial charge in [0.1, 0.15) is 0 Å². The van der Waals surface area contributed by atoms with Crippen molar-refractivity contribution >= 4 is 19.7 Å². The van der Waals surface area contributed by atoms with E-state index in [0.29, 0.717) is 0 Å². The van der Waals surface area contributed by atoms with E-state index in [-0.39, 0.29) is 11.7 Å². The molecule has 0 aliphatic heterocycles. The molecule has 0 spiro atoms. The average molecular weight is 213 g/mol. The van der Waals surface area contributed by atoms with E-state index in [1.165, 1.54) is 0 Å². The molecule has 0 saturated heterocycles. The summed E-state index contributed by atoms with van der Waals surface area (Å²) in [7, 11) is 1.86. The Bertz CT molecular complexity index is 199. The summed E-state index contributed by atoms with van der Waals surface area (Å²) in [6.07, 6.45) is 4.06. The summed E-state index contributed by atoms with van der Waals surface area (Å²) in [6.45, 7) is 4.10. The van der Waals surface area contributed by atoms with Crippen LogP contribution in [0.4, 0.5) is 0 Å². The molecule has 0 bridgehead atoms. The monoisotopic (exact) mass is 212 g/mol. The maximum Gasteiger partial charge on any atom is 0.232 e. The molecule has 0 aliphatic carbocycles. The number of halogens is 1.